The van der Waals surface area contributed by atoms with E-state index in [1.165, 1.54) is 27.7 Å². The summed E-state index contributed by atoms with van der Waals surface area (Å²) in [5, 5.41) is 2.64. The summed E-state index contributed by atoms with van der Waals surface area (Å²) in [5.74, 6) is -2.11. The van der Waals surface area contributed by atoms with Crippen molar-refractivity contribution in [3.63, 3.8) is 0 Å². The fourth-order valence-corrected chi connectivity index (χ4v) is 2.56. The predicted molar refractivity (Wildman–Crippen MR) is 79.7 cm³/mol. The number of hydrogen-bond acceptors (Lipinski definition) is 8. The van der Waals surface area contributed by atoms with Gasteiger partial charge in [-0.3, -0.25) is 19.2 Å². The second kappa shape index (κ2) is 8.62. The van der Waals surface area contributed by atoms with Crippen molar-refractivity contribution in [2.75, 3.05) is 6.61 Å². The Morgan fingerprint density at radius 1 is 0.917 bits per heavy atom. The topological polar surface area (TPSA) is 117 Å². The Kier molecular flexibility index (Phi) is 7.15. The predicted octanol–water partition coefficient (Wildman–Crippen LogP) is -0.295. The molecule has 24 heavy (non-hydrogen) atoms. The summed E-state index contributed by atoms with van der Waals surface area (Å²) in [7, 11) is 0. The van der Waals surface area contributed by atoms with Crippen LogP contribution in [-0.2, 0) is 38.1 Å². The van der Waals surface area contributed by atoms with E-state index in [-0.39, 0.29) is 12.5 Å². The highest BCUT2D eigenvalue weighted by Crippen LogP contribution is 2.26. The van der Waals surface area contributed by atoms with Crippen LogP contribution in [0.3, 0.4) is 0 Å². The van der Waals surface area contributed by atoms with Crippen LogP contribution in [0, 0.1) is 0 Å². The molecule has 0 bridgehead atoms. The van der Waals surface area contributed by atoms with Crippen molar-refractivity contribution in [2.45, 2.75) is 65.1 Å². The van der Waals surface area contributed by atoms with Gasteiger partial charge in [-0.05, 0) is 6.92 Å². The van der Waals surface area contributed by atoms with Gasteiger partial charge in [0.15, 0.2) is 12.2 Å². The molecule has 9 heteroatoms. The molecule has 0 aromatic rings. The smallest absolute Gasteiger partial charge is 0.303 e. The highest BCUT2D eigenvalue weighted by Gasteiger charge is 2.49. The Bertz CT molecular complexity index is 506. The molecule has 1 unspecified atom stereocenters. The summed E-state index contributed by atoms with van der Waals surface area (Å²) < 4.78 is 21.1. The first-order chi connectivity index (χ1) is 11.1. The molecule has 1 heterocycles. The highest BCUT2D eigenvalue weighted by molar-refractivity contribution is 5.73. The zero-order chi connectivity index (χ0) is 18.4. The summed E-state index contributed by atoms with van der Waals surface area (Å²) in [6.07, 6.45) is -3.40. The van der Waals surface area contributed by atoms with E-state index in [1.807, 2.05) is 0 Å². The van der Waals surface area contributed by atoms with E-state index in [9.17, 15) is 19.2 Å². The number of esters is 3. The molecular weight excluding hydrogens is 322 g/mol. The van der Waals surface area contributed by atoms with Crippen LogP contribution in [-0.4, -0.2) is 60.9 Å². The van der Waals surface area contributed by atoms with E-state index >= 15 is 0 Å². The second-order valence-electron chi connectivity index (χ2n) is 5.56. The molecule has 9 nitrogen and oxygen atoms in total. The largest absolute Gasteiger partial charge is 0.463 e. The molecule has 1 aliphatic heterocycles. The van der Waals surface area contributed by atoms with E-state index in [2.05, 4.69) is 5.32 Å². The van der Waals surface area contributed by atoms with Gasteiger partial charge in [0.05, 0.1) is 12.1 Å². The molecule has 0 radical (unpaired) electrons. The van der Waals surface area contributed by atoms with Gasteiger partial charge in [0.25, 0.3) is 0 Å². The average Bonchev–Trinajstić information content (AvgIpc) is 2.42. The molecule has 1 aliphatic rings. The van der Waals surface area contributed by atoms with E-state index < -0.39 is 48.4 Å². The Hall–Kier alpha value is -2.16. The minimum atomic E-state index is -1.03. The molecule has 0 aromatic carbocycles. The van der Waals surface area contributed by atoms with Crippen molar-refractivity contribution < 1.29 is 38.1 Å². The standard InChI is InChI=1S/C15H23NO8/c1-7-13(16-8(2)17)15(24-11(5)20)14(23-10(4)19)12(22-7)6-21-9(3)18/h7,12-15H,6H2,1-5H3,(H,16,17)/t7?,12-,13+,14-,15-/m1/s1. The van der Waals surface area contributed by atoms with Crippen molar-refractivity contribution in [3.8, 4) is 0 Å². The molecule has 5 atom stereocenters. The molecule has 0 aromatic heterocycles. The molecule has 0 spiro atoms. The lowest BCUT2D eigenvalue weighted by Gasteiger charge is -2.44. The molecule has 0 aliphatic carbocycles. The first-order valence-electron chi connectivity index (χ1n) is 7.52. The maximum atomic E-state index is 11.5. The lowest BCUT2D eigenvalue weighted by Crippen LogP contribution is -2.65. The van der Waals surface area contributed by atoms with Crippen molar-refractivity contribution in [2.24, 2.45) is 0 Å². The summed E-state index contributed by atoms with van der Waals surface area (Å²) in [6, 6.07) is -0.718. The van der Waals surface area contributed by atoms with Crippen LogP contribution in [0.25, 0.3) is 0 Å². The number of amides is 1. The van der Waals surface area contributed by atoms with Crippen LogP contribution >= 0.6 is 0 Å². The average molecular weight is 345 g/mol. The zero-order valence-corrected chi connectivity index (χ0v) is 14.4. The third-order valence-electron chi connectivity index (χ3n) is 3.36. The van der Waals surface area contributed by atoms with Crippen molar-refractivity contribution >= 4 is 23.8 Å². The van der Waals surface area contributed by atoms with Crippen LogP contribution < -0.4 is 5.32 Å². The van der Waals surface area contributed by atoms with Crippen LogP contribution in [0.4, 0.5) is 0 Å². The highest BCUT2D eigenvalue weighted by atomic mass is 16.6. The van der Waals surface area contributed by atoms with Crippen LogP contribution in [0.5, 0.6) is 0 Å². The summed E-state index contributed by atoms with van der Waals surface area (Å²) in [4.78, 5) is 45.3. The van der Waals surface area contributed by atoms with Crippen molar-refractivity contribution in [1.82, 2.24) is 5.32 Å². The third-order valence-corrected chi connectivity index (χ3v) is 3.36. The third kappa shape index (κ3) is 5.80. The van der Waals surface area contributed by atoms with Gasteiger partial charge in [-0.2, -0.15) is 0 Å². The molecular formula is C15H23NO8. The monoisotopic (exact) mass is 345 g/mol. The molecule has 1 rings (SSSR count). The lowest BCUT2D eigenvalue weighted by atomic mass is 9.92. The maximum Gasteiger partial charge on any atom is 0.303 e. The Balaban J connectivity index is 3.11. The first-order valence-corrected chi connectivity index (χ1v) is 7.52. The fraction of sp³-hybridized carbons (Fsp3) is 0.733. The molecule has 1 amide bonds. The SMILES string of the molecule is CC(=O)N[C@H]1C(C)O[C@H](COC(C)=O)[C@@H](OC(C)=O)[C@@H]1OC(C)=O. The van der Waals surface area contributed by atoms with Crippen LogP contribution in [0.1, 0.15) is 34.6 Å². The van der Waals surface area contributed by atoms with E-state index in [1.54, 1.807) is 6.92 Å². The van der Waals surface area contributed by atoms with Gasteiger partial charge >= 0.3 is 17.9 Å². The zero-order valence-electron chi connectivity index (χ0n) is 14.4. The van der Waals surface area contributed by atoms with Gasteiger partial charge in [-0.25, -0.2) is 0 Å². The summed E-state index contributed by atoms with van der Waals surface area (Å²) in [5.41, 5.74) is 0. The second-order valence-corrected chi connectivity index (χ2v) is 5.56. The van der Waals surface area contributed by atoms with E-state index in [4.69, 9.17) is 18.9 Å². The van der Waals surface area contributed by atoms with Gasteiger partial charge in [-0.15, -0.1) is 0 Å². The van der Waals surface area contributed by atoms with Crippen LogP contribution in [0.15, 0.2) is 0 Å². The van der Waals surface area contributed by atoms with Crippen molar-refractivity contribution in [1.29, 1.82) is 0 Å². The molecule has 0 saturated carbocycles. The van der Waals surface area contributed by atoms with Gasteiger partial charge in [0, 0.05) is 27.7 Å². The Morgan fingerprint density at radius 2 is 1.46 bits per heavy atom. The number of carbonyl (C=O) groups is 4. The van der Waals surface area contributed by atoms with Gasteiger partial charge in [0.2, 0.25) is 5.91 Å². The maximum absolute atomic E-state index is 11.5. The van der Waals surface area contributed by atoms with Gasteiger partial charge < -0.3 is 24.3 Å². The Labute approximate surface area is 139 Å². The normalized spacial score (nSPS) is 29.3. The minimum absolute atomic E-state index is 0.178. The molecule has 1 N–H and O–H groups in total. The summed E-state index contributed by atoms with van der Waals surface area (Å²) in [6.45, 7) is 6.43. The van der Waals surface area contributed by atoms with Gasteiger partial charge in [-0.1, -0.05) is 0 Å². The quantitative estimate of drug-likeness (QED) is 0.533. The number of hydrogen-bond donors (Lipinski definition) is 1. The van der Waals surface area contributed by atoms with Crippen LogP contribution in [0.2, 0.25) is 0 Å². The van der Waals surface area contributed by atoms with E-state index in [0.717, 1.165) is 0 Å². The number of rotatable bonds is 5. The lowest BCUT2D eigenvalue weighted by molar-refractivity contribution is -0.221. The minimum Gasteiger partial charge on any atom is -0.463 e. The number of ether oxygens (including phenoxy) is 4. The first kappa shape index (κ1) is 19.9. The fourth-order valence-electron chi connectivity index (χ4n) is 2.56. The molecule has 136 valence electrons. The van der Waals surface area contributed by atoms with Crippen molar-refractivity contribution in [3.05, 3.63) is 0 Å². The number of carbonyl (C=O) groups excluding carboxylic acids is 4. The molecule has 1 fully saturated rings. The Morgan fingerprint density at radius 3 is 1.92 bits per heavy atom. The molecule has 1 saturated heterocycles. The van der Waals surface area contributed by atoms with Gasteiger partial charge in [0.1, 0.15) is 12.7 Å². The number of nitrogens with one attached hydrogen (secondary N) is 1. The summed E-state index contributed by atoms with van der Waals surface area (Å²) >= 11 is 0. The van der Waals surface area contributed by atoms with E-state index in [0.29, 0.717) is 0 Å².